The molecule has 2 amide bonds. The number of rotatable bonds is 13. The van der Waals surface area contributed by atoms with Gasteiger partial charge in [-0.1, -0.05) is 61.4 Å². The molecule has 11 heteroatoms. The predicted octanol–water partition coefficient (Wildman–Crippen LogP) is 8.83. The van der Waals surface area contributed by atoms with E-state index in [4.69, 9.17) is 5.11 Å². The van der Waals surface area contributed by atoms with Crippen LogP contribution in [-0.2, 0) is 9.59 Å². The molecule has 0 saturated heterocycles. The van der Waals surface area contributed by atoms with Crippen molar-refractivity contribution in [2.24, 2.45) is 0 Å². The fourth-order valence-electron chi connectivity index (χ4n) is 6.16. The first-order chi connectivity index (χ1) is 23.2. The molecule has 49 heavy (non-hydrogen) atoms. The molecule has 0 bridgehead atoms. The van der Waals surface area contributed by atoms with E-state index in [1.807, 2.05) is 39.8 Å². The van der Waals surface area contributed by atoms with Crippen molar-refractivity contribution in [3.8, 4) is 16.9 Å². The number of anilines is 1. The summed E-state index contributed by atoms with van der Waals surface area (Å²) in [7, 11) is 0. The fraction of sp³-hybridized carbons (Fsp3) is 0.289. The first-order valence-electron chi connectivity index (χ1n) is 15.8. The van der Waals surface area contributed by atoms with Crippen LogP contribution in [0.2, 0.25) is 0 Å². The lowest BCUT2D eigenvalue weighted by molar-refractivity contribution is -0.274. The monoisotopic (exact) mass is 678 g/mol. The highest BCUT2D eigenvalue weighted by atomic mass is 19.4. The van der Waals surface area contributed by atoms with Gasteiger partial charge in [0, 0.05) is 12.1 Å². The van der Waals surface area contributed by atoms with Crippen LogP contribution in [-0.4, -0.2) is 35.8 Å². The van der Waals surface area contributed by atoms with E-state index in [1.165, 1.54) is 24.3 Å². The number of amides is 2. The lowest BCUT2D eigenvalue weighted by atomic mass is 9.78. The van der Waals surface area contributed by atoms with E-state index in [1.54, 1.807) is 30.3 Å². The van der Waals surface area contributed by atoms with Gasteiger partial charge in [-0.2, -0.15) is 0 Å². The quantitative estimate of drug-likeness (QED) is 0.123. The van der Waals surface area contributed by atoms with Crippen molar-refractivity contribution < 1.29 is 41.8 Å². The van der Waals surface area contributed by atoms with Crippen molar-refractivity contribution >= 4 is 23.5 Å². The van der Waals surface area contributed by atoms with Gasteiger partial charge < -0.3 is 20.5 Å². The number of ether oxygens (including phenoxy) is 1. The number of aryl methyl sites for hydroxylation is 3. The molecular formula is C38H38F4N2O5. The Labute approximate surface area is 282 Å². The fourth-order valence-corrected chi connectivity index (χ4v) is 6.16. The number of hydrogen-bond acceptors (Lipinski definition) is 4. The van der Waals surface area contributed by atoms with E-state index in [2.05, 4.69) is 15.4 Å². The van der Waals surface area contributed by atoms with Crippen LogP contribution in [0.1, 0.15) is 76.2 Å². The van der Waals surface area contributed by atoms with Crippen molar-refractivity contribution in [2.45, 2.75) is 65.2 Å². The molecule has 0 heterocycles. The van der Waals surface area contributed by atoms with Gasteiger partial charge in [-0.05, 0) is 103 Å². The zero-order valence-electron chi connectivity index (χ0n) is 27.6. The molecule has 4 aromatic carbocycles. The van der Waals surface area contributed by atoms with E-state index in [9.17, 15) is 27.6 Å². The van der Waals surface area contributed by atoms with Gasteiger partial charge in [-0.25, -0.2) is 4.39 Å². The summed E-state index contributed by atoms with van der Waals surface area (Å²) in [4.78, 5) is 37.4. The van der Waals surface area contributed by atoms with Gasteiger partial charge in [-0.3, -0.25) is 14.4 Å². The molecule has 0 aliphatic carbocycles. The third-order valence-electron chi connectivity index (χ3n) is 8.18. The summed E-state index contributed by atoms with van der Waals surface area (Å²) in [5, 5.41) is 14.1. The molecule has 0 fully saturated rings. The van der Waals surface area contributed by atoms with Gasteiger partial charge in [0.25, 0.3) is 5.91 Å². The van der Waals surface area contributed by atoms with Crippen LogP contribution in [0.4, 0.5) is 23.2 Å². The van der Waals surface area contributed by atoms with Crippen LogP contribution in [0.15, 0.2) is 78.9 Å². The van der Waals surface area contributed by atoms with E-state index < -0.39 is 47.5 Å². The maximum atomic E-state index is 15.6. The molecule has 258 valence electrons. The average Bonchev–Trinajstić information content (AvgIpc) is 3.01. The average molecular weight is 679 g/mol. The number of carbonyl (C=O) groups is 3. The van der Waals surface area contributed by atoms with E-state index in [0.717, 1.165) is 34.4 Å². The smallest absolute Gasteiger partial charge is 0.481 e. The van der Waals surface area contributed by atoms with Crippen LogP contribution >= 0.6 is 0 Å². The molecule has 0 aromatic heterocycles. The summed E-state index contributed by atoms with van der Waals surface area (Å²) in [5.74, 6) is -4.70. The lowest BCUT2D eigenvalue weighted by Gasteiger charge is -2.28. The number of nitrogens with one attached hydrogen (secondary N) is 2. The highest BCUT2D eigenvalue weighted by Gasteiger charge is 2.33. The molecule has 0 unspecified atom stereocenters. The number of halogens is 4. The molecule has 0 spiro atoms. The second-order valence-corrected chi connectivity index (χ2v) is 12.0. The summed E-state index contributed by atoms with van der Waals surface area (Å²) in [6.07, 6.45) is -4.04. The maximum absolute atomic E-state index is 15.6. The molecule has 4 aromatic rings. The lowest BCUT2D eigenvalue weighted by Crippen LogP contribution is -2.28. The number of hydrogen-bond donors (Lipinski definition) is 3. The van der Waals surface area contributed by atoms with Crippen LogP contribution in [0, 0.1) is 26.6 Å². The van der Waals surface area contributed by atoms with Crippen LogP contribution in [0.5, 0.6) is 5.75 Å². The minimum Gasteiger partial charge on any atom is -0.481 e. The van der Waals surface area contributed by atoms with E-state index >= 15 is 4.39 Å². The Kier molecular flexibility index (Phi) is 11.8. The third kappa shape index (κ3) is 9.68. The van der Waals surface area contributed by atoms with Crippen molar-refractivity contribution in [3.63, 3.8) is 0 Å². The van der Waals surface area contributed by atoms with Gasteiger partial charge in [0.05, 0.1) is 18.0 Å². The van der Waals surface area contributed by atoms with Crippen molar-refractivity contribution in [1.82, 2.24) is 5.32 Å². The number of carbonyl (C=O) groups excluding carboxylic acids is 2. The molecule has 7 nitrogen and oxygen atoms in total. The largest absolute Gasteiger partial charge is 0.573 e. The first kappa shape index (κ1) is 36.6. The Morgan fingerprint density at radius 1 is 0.857 bits per heavy atom. The van der Waals surface area contributed by atoms with Crippen molar-refractivity contribution in [3.05, 3.63) is 118 Å². The van der Waals surface area contributed by atoms with Crippen molar-refractivity contribution in [1.29, 1.82) is 0 Å². The second-order valence-electron chi connectivity index (χ2n) is 12.0. The van der Waals surface area contributed by atoms with Crippen molar-refractivity contribution in [2.75, 3.05) is 11.9 Å². The summed E-state index contributed by atoms with van der Waals surface area (Å²) < 4.78 is 58.3. The Morgan fingerprint density at radius 3 is 2.02 bits per heavy atom. The number of benzene rings is 4. The molecule has 2 atom stereocenters. The van der Waals surface area contributed by atoms with Gasteiger partial charge >= 0.3 is 12.3 Å². The first-order valence-corrected chi connectivity index (χ1v) is 15.8. The zero-order valence-corrected chi connectivity index (χ0v) is 27.6. The Balaban J connectivity index is 1.68. The normalized spacial score (nSPS) is 12.6. The summed E-state index contributed by atoms with van der Waals surface area (Å²) in [6.45, 7) is 7.75. The highest BCUT2D eigenvalue weighted by molar-refractivity contribution is 5.97. The summed E-state index contributed by atoms with van der Waals surface area (Å²) in [5.41, 5.74) is 5.87. The molecule has 4 rings (SSSR count). The maximum Gasteiger partial charge on any atom is 0.573 e. The van der Waals surface area contributed by atoms with E-state index in [0.29, 0.717) is 29.5 Å². The minimum atomic E-state index is -4.90. The Bertz CT molecular complexity index is 1780. The zero-order chi connectivity index (χ0) is 35.9. The van der Waals surface area contributed by atoms with Gasteiger partial charge in [0.1, 0.15) is 11.6 Å². The van der Waals surface area contributed by atoms with Crippen LogP contribution in [0.3, 0.4) is 0 Å². The Morgan fingerprint density at radius 2 is 1.47 bits per heavy atom. The van der Waals surface area contributed by atoms with Crippen LogP contribution in [0.25, 0.3) is 11.1 Å². The minimum absolute atomic E-state index is 0.0492. The molecule has 0 aliphatic heterocycles. The number of carboxylic acid groups (broad SMARTS) is 1. The number of alkyl halides is 3. The molecular weight excluding hydrogens is 640 g/mol. The highest BCUT2D eigenvalue weighted by Crippen LogP contribution is 2.39. The Hall–Kier alpha value is -5.19. The standard InChI is InChI=1S/C38H38F4N2O5/c1-5-6-30(25-7-9-27(10-8-25)36(47)43-18-17-33(45)46)35(26-11-14-29(15-12-26)49-38(40,41)42)37(48)44-32-16-13-28(21-31(32)39)34-23(3)19-22(2)20-24(34)4/h7-16,19-21,30,35H,5-6,17-18H2,1-4H3,(H,43,47)(H,44,48)(H,45,46)/t30-,35-/m1/s1. The third-order valence-corrected chi connectivity index (χ3v) is 8.18. The van der Waals surface area contributed by atoms with Gasteiger partial charge in [0.15, 0.2) is 0 Å². The van der Waals surface area contributed by atoms with Gasteiger partial charge in [0.2, 0.25) is 5.91 Å². The molecule has 0 saturated carbocycles. The predicted molar refractivity (Wildman–Crippen MR) is 179 cm³/mol. The summed E-state index contributed by atoms with van der Waals surface area (Å²) >= 11 is 0. The SMILES string of the molecule is CCC[C@H](c1ccc(C(=O)NCCC(=O)O)cc1)[C@H](C(=O)Nc1ccc(-c2c(C)cc(C)cc2C)cc1F)c1ccc(OC(F)(F)F)cc1. The number of aliphatic carboxylic acids is 1. The molecule has 0 aliphatic rings. The second kappa shape index (κ2) is 15.8. The molecule has 3 N–H and O–H groups in total. The molecule has 0 radical (unpaired) electrons. The topological polar surface area (TPSA) is 105 Å². The number of carboxylic acids is 1. The van der Waals surface area contributed by atoms with Gasteiger partial charge in [-0.15, -0.1) is 13.2 Å². The van der Waals surface area contributed by atoms with Crippen LogP contribution < -0.4 is 15.4 Å². The summed E-state index contributed by atoms with van der Waals surface area (Å²) in [6, 6.07) is 20.1. The van der Waals surface area contributed by atoms with E-state index in [-0.39, 0.29) is 24.2 Å².